The van der Waals surface area contributed by atoms with Crippen molar-refractivity contribution in [3.05, 3.63) is 133 Å². The average Bonchev–Trinajstić information content (AvgIpc) is 3.67. The second-order valence-electron chi connectivity index (χ2n) is 12.4. The van der Waals surface area contributed by atoms with Crippen LogP contribution in [0.5, 0.6) is 28.7 Å². The molecule has 0 spiro atoms. The van der Waals surface area contributed by atoms with Crippen LogP contribution in [0.15, 0.2) is 127 Å². The van der Waals surface area contributed by atoms with E-state index in [1.54, 1.807) is 4.57 Å². The Morgan fingerprint density at radius 1 is 0.429 bits per heavy atom. The molecule has 6 aromatic carbocycles. The molecule has 1 aliphatic rings. The van der Waals surface area contributed by atoms with Gasteiger partial charge in [0, 0.05) is 27.2 Å². The number of hydrogen-bond donors (Lipinski definition) is 5. The molecule has 0 aliphatic heterocycles. The number of hydrogen-bond acceptors (Lipinski definition) is 5. The zero-order valence-corrected chi connectivity index (χ0v) is 26.2. The van der Waals surface area contributed by atoms with Crippen LogP contribution in [0.2, 0.25) is 0 Å². The molecule has 0 saturated heterocycles. The lowest BCUT2D eigenvalue weighted by Crippen LogP contribution is -1.97. The molecule has 0 radical (unpaired) electrons. The minimum atomic E-state index is -0.998. The van der Waals surface area contributed by atoms with E-state index in [-0.39, 0.29) is 5.69 Å². The summed E-state index contributed by atoms with van der Waals surface area (Å²) in [6.07, 6.45) is 8.88. The molecule has 238 valence electrons. The molecule has 1 aliphatic carbocycles. The Balaban J connectivity index is 1.24. The standard InChI is InChI=1S/C42H30N2O5/c45-38-37(39(46)41(48)42(49)40(38)47)44-32-13-7-5-11-30(32)36-34(44)23-22-33-35(36)29-10-4-6-12-31(29)43(33)28-20-18-27(19-21-28)26-16-14-25(15-17-26)24-8-2-1-3-9-24/h2,4-23,45-49H,1,3H2. The van der Waals surface area contributed by atoms with Crippen LogP contribution in [0, 0.1) is 0 Å². The fourth-order valence-corrected chi connectivity index (χ4v) is 7.41. The van der Waals surface area contributed by atoms with E-state index in [1.807, 2.05) is 48.5 Å². The van der Waals surface area contributed by atoms with E-state index in [9.17, 15) is 25.5 Å². The summed E-state index contributed by atoms with van der Waals surface area (Å²) < 4.78 is 3.83. The Labute approximate surface area is 280 Å². The molecule has 0 saturated carbocycles. The summed E-state index contributed by atoms with van der Waals surface area (Å²) in [7, 11) is 0. The maximum Gasteiger partial charge on any atom is 0.208 e. The van der Waals surface area contributed by atoms with Gasteiger partial charge in [-0.05, 0) is 71.5 Å². The summed E-state index contributed by atoms with van der Waals surface area (Å²) in [6.45, 7) is 0. The number of nitrogens with zero attached hydrogens (tertiary/aromatic N) is 2. The van der Waals surface area contributed by atoms with E-state index in [0.29, 0.717) is 11.0 Å². The first-order valence-electron chi connectivity index (χ1n) is 16.1. The first kappa shape index (κ1) is 28.6. The Bertz CT molecular complexity index is 2670. The van der Waals surface area contributed by atoms with Crippen LogP contribution in [0.1, 0.15) is 18.4 Å². The summed E-state index contributed by atoms with van der Waals surface area (Å²) >= 11 is 0. The van der Waals surface area contributed by atoms with Crippen molar-refractivity contribution in [1.82, 2.24) is 9.13 Å². The van der Waals surface area contributed by atoms with Gasteiger partial charge in [-0.2, -0.15) is 0 Å². The molecular formula is C42H30N2O5. The van der Waals surface area contributed by atoms with Gasteiger partial charge in [-0.3, -0.25) is 0 Å². The van der Waals surface area contributed by atoms with Crippen LogP contribution >= 0.6 is 0 Å². The number of aromatic nitrogens is 2. The third kappa shape index (κ3) is 4.15. The van der Waals surface area contributed by atoms with Crippen LogP contribution in [0.25, 0.3) is 71.7 Å². The second kappa shape index (κ2) is 10.7. The lowest BCUT2D eigenvalue weighted by molar-refractivity contribution is 0.327. The van der Waals surface area contributed by atoms with Gasteiger partial charge in [0.15, 0.2) is 11.5 Å². The van der Waals surface area contributed by atoms with Crippen molar-refractivity contribution in [3.8, 4) is 51.2 Å². The lowest BCUT2D eigenvalue weighted by Gasteiger charge is -2.15. The molecular weight excluding hydrogens is 612 g/mol. The number of aromatic hydroxyl groups is 5. The molecule has 0 atom stereocenters. The largest absolute Gasteiger partial charge is 0.503 e. The van der Waals surface area contributed by atoms with Gasteiger partial charge in [0.25, 0.3) is 0 Å². The van der Waals surface area contributed by atoms with Gasteiger partial charge in [0.1, 0.15) is 5.69 Å². The van der Waals surface area contributed by atoms with Crippen molar-refractivity contribution in [2.24, 2.45) is 0 Å². The lowest BCUT2D eigenvalue weighted by atomic mass is 9.97. The molecule has 2 heterocycles. The molecule has 0 unspecified atom stereocenters. The van der Waals surface area contributed by atoms with E-state index in [2.05, 4.69) is 83.5 Å². The molecule has 49 heavy (non-hydrogen) atoms. The smallest absolute Gasteiger partial charge is 0.208 e. The Hall–Kier alpha value is -6.60. The monoisotopic (exact) mass is 642 g/mol. The molecule has 5 N–H and O–H groups in total. The van der Waals surface area contributed by atoms with Crippen LogP contribution in [-0.2, 0) is 0 Å². The normalized spacial score (nSPS) is 13.2. The molecule has 7 heteroatoms. The zero-order chi connectivity index (χ0) is 33.4. The van der Waals surface area contributed by atoms with Crippen molar-refractivity contribution in [3.63, 3.8) is 0 Å². The van der Waals surface area contributed by atoms with Crippen LogP contribution in [0.3, 0.4) is 0 Å². The Morgan fingerprint density at radius 3 is 1.49 bits per heavy atom. The minimum Gasteiger partial charge on any atom is -0.503 e. The predicted molar refractivity (Wildman–Crippen MR) is 195 cm³/mol. The minimum absolute atomic E-state index is 0.238. The van der Waals surface area contributed by atoms with E-state index < -0.39 is 28.7 Å². The van der Waals surface area contributed by atoms with E-state index in [0.717, 1.165) is 62.2 Å². The fraction of sp³-hybridized carbons (Fsp3) is 0.0476. The number of fused-ring (bicyclic) bond motifs is 7. The molecule has 0 amide bonds. The number of para-hydroxylation sites is 2. The summed E-state index contributed by atoms with van der Waals surface area (Å²) in [5, 5.41) is 56.6. The highest BCUT2D eigenvalue weighted by atomic mass is 16.4. The van der Waals surface area contributed by atoms with Crippen molar-refractivity contribution in [2.45, 2.75) is 12.8 Å². The van der Waals surface area contributed by atoms with E-state index >= 15 is 0 Å². The Kier molecular flexibility index (Phi) is 6.26. The van der Waals surface area contributed by atoms with Crippen molar-refractivity contribution in [2.75, 3.05) is 0 Å². The maximum absolute atomic E-state index is 11.0. The quantitative estimate of drug-likeness (QED) is 0.0970. The first-order valence-corrected chi connectivity index (χ1v) is 16.1. The third-order valence-electron chi connectivity index (χ3n) is 9.71. The topological polar surface area (TPSA) is 111 Å². The van der Waals surface area contributed by atoms with Gasteiger partial charge in [-0.25, -0.2) is 0 Å². The van der Waals surface area contributed by atoms with Gasteiger partial charge >= 0.3 is 0 Å². The summed E-state index contributed by atoms with van der Waals surface area (Å²) in [5.74, 6) is -4.35. The molecule has 0 bridgehead atoms. The van der Waals surface area contributed by atoms with Crippen molar-refractivity contribution < 1.29 is 25.5 Å². The highest BCUT2D eigenvalue weighted by molar-refractivity contribution is 6.29. The molecule has 8 aromatic rings. The highest BCUT2D eigenvalue weighted by Gasteiger charge is 2.28. The van der Waals surface area contributed by atoms with Gasteiger partial charge in [-0.15, -0.1) is 0 Å². The van der Waals surface area contributed by atoms with Gasteiger partial charge in [-0.1, -0.05) is 91.0 Å². The average molecular weight is 643 g/mol. The van der Waals surface area contributed by atoms with Crippen LogP contribution in [0.4, 0.5) is 0 Å². The van der Waals surface area contributed by atoms with Crippen LogP contribution < -0.4 is 0 Å². The van der Waals surface area contributed by atoms with Gasteiger partial charge in [0.2, 0.25) is 17.2 Å². The van der Waals surface area contributed by atoms with Crippen molar-refractivity contribution >= 4 is 49.2 Å². The number of allylic oxidation sites excluding steroid dienone is 4. The first-order chi connectivity index (χ1) is 23.9. The maximum atomic E-state index is 11.0. The molecule has 2 aromatic heterocycles. The second-order valence-corrected chi connectivity index (χ2v) is 12.4. The molecule has 9 rings (SSSR count). The number of phenols is 5. The summed E-state index contributed by atoms with van der Waals surface area (Å²) in [5.41, 5.74) is 8.75. The SMILES string of the molecule is Oc1c(O)c(O)c(-n2c3ccccc3c3c4c5ccccc5n(-c5ccc(-c6ccc(C7=CCCC=C7)cc6)cc5)c4ccc32)c(O)c1O. The van der Waals surface area contributed by atoms with E-state index in [1.165, 1.54) is 11.1 Å². The molecule has 7 nitrogen and oxygen atoms in total. The van der Waals surface area contributed by atoms with Crippen LogP contribution in [-0.4, -0.2) is 34.7 Å². The van der Waals surface area contributed by atoms with E-state index in [4.69, 9.17) is 0 Å². The van der Waals surface area contributed by atoms with Gasteiger partial charge in [0.05, 0.1) is 22.1 Å². The fourth-order valence-electron chi connectivity index (χ4n) is 7.41. The third-order valence-corrected chi connectivity index (χ3v) is 9.71. The van der Waals surface area contributed by atoms with Gasteiger partial charge < -0.3 is 34.7 Å². The summed E-state index contributed by atoms with van der Waals surface area (Å²) in [6, 6.07) is 36.9. The Morgan fingerprint density at radius 2 is 0.918 bits per heavy atom. The van der Waals surface area contributed by atoms with Crippen molar-refractivity contribution in [1.29, 1.82) is 0 Å². The number of phenolic OH excluding ortho intramolecular Hbond substituents is 5. The summed E-state index contributed by atoms with van der Waals surface area (Å²) in [4.78, 5) is 0. The highest BCUT2D eigenvalue weighted by Crippen LogP contribution is 2.54. The number of benzene rings is 6. The predicted octanol–water partition coefficient (Wildman–Crippen LogP) is 9.81. The molecule has 0 fully saturated rings. The zero-order valence-electron chi connectivity index (χ0n) is 26.2. The number of rotatable bonds is 4.